The van der Waals surface area contributed by atoms with E-state index >= 15 is 0 Å². The Kier molecular flexibility index (Phi) is 3.50. The molecule has 4 heteroatoms. The fourth-order valence-corrected chi connectivity index (χ4v) is 2.53. The maximum atomic E-state index is 12.1. The average Bonchev–Trinajstić information content (AvgIpc) is 2.12. The van der Waals surface area contributed by atoms with E-state index in [-0.39, 0.29) is 18.1 Å². The maximum absolute atomic E-state index is 12.1. The lowest BCUT2D eigenvalue weighted by molar-refractivity contribution is -0.138. The Labute approximate surface area is 96.8 Å². The van der Waals surface area contributed by atoms with Crippen molar-refractivity contribution in [3.8, 4) is 0 Å². The van der Waals surface area contributed by atoms with Crippen molar-refractivity contribution in [2.24, 2.45) is 5.73 Å². The fourth-order valence-electron chi connectivity index (χ4n) is 2.53. The Bertz CT molecular complexity index is 260. The summed E-state index contributed by atoms with van der Waals surface area (Å²) < 4.78 is 0. The molecule has 0 aliphatic heterocycles. The minimum absolute atomic E-state index is 0.0554. The van der Waals surface area contributed by atoms with E-state index in [1.165, 1.54) is 6.42 Å². The summed E-state index contributed by atoms with van der Waals surface area (Å²) in [4.78, 5) is 14.0. The zero-order chi connectivity index (χ0) is 11.6. The SMILES string of the molecule is NC1(CC(=O)N(CCO)C2CCC2)CCC1. The van der Waals surface area contributed by atoms with Gasteiger partial charge in [-0.2, -0.15) is 0 Å². The number of nitrogens with two attached hydrogens (primary N) is 1. The zero-order valence-corrected chi connectivity index (χ0v) is 9.82. The summed E-state index contributed by atoms with van der Waals surface area (Å²) in [6, 6.07) is 0.364. The predicted molar refractivity (Wildman–Crippen MR) is 61.8 cm³/mol. The third-order valence-electron chi connectivity index (χ3n) is 4.03. The predicted octanol–water partition coefficient (Wildman–Crippen LogP) is 0.631. The highest BCUT2D eigenvalue weighted by molar-refractivity contribution is 5.78. The number of carbonyl (C=O) groups is 1. The first-order chi connectivity index (χ1) is 7.64. The van der Waals surface area contributed by atoms with Crippen LogP contribution in [0, 0.1) is 0 Å². The number of hydrogen-bond donors (Lipinski definition) is 2. The van der Waals surface area contributed by atoms with Crippen LogP contribution in [0.25, 0.3) is 0 Å². The molecule has 2 saturated carbocycles. The molecule has 2 aliphatic rings. The summed E-state index contributed by atoms with van der Waals surface area (Å²) in [5.41, 5.74) is 5.85. The zero-order valence-electron chi connectivity index (χ0n) is 9.82. The minimum atomic E-state index is -0.242. The van der Waals surface area contributed by atoms with Crippen LogP contribution in [0.5, 0.6) is 0 Å². The van der Waals surface area contributed by atoms with Crippen LogP contribution < -0.4 is 5.73 Å². The van der Waals surface area contributed by atoms with Gasteiger partial charge in [-0.25, -0.2) is 0 Å². The molecule has 0 atom stereocenters. The first-order valence-electron chi connectivity index (χ1n) is 6.34. The molecule has 0 radical (unpaired) electrons. The summed E-state index contributed by atoms with van der Waals surface area (Å²) in [6.45, 7) is 0.527. The van der Waals surface area contributed by atoms with Gasteiger partial charge in [-0.05, 0) is 38.5 Å². The van der Waals surface area contributed by atoms with Gasteiger partial charge in [0.15, 0.2) is 0 Å². The monoisotopic (exact) mass is 226 g/mol. The molecule has 0 bridgehead atoms. The second kappa shape index (κ2) is 4.72. The second-order valence-corrected chi connectivity index (χ2v) is 5.29. The topological polar surface area (TPSA) is 66.6 Å². The molecule has 92 valence electrons. The minimum Gasteiger partial charge on any atom is -0.395 e. The molecule has 0 aromatic heterocycles. The van der Waals surface area contributed by atoms with E-state index in [1.807, 2.05) is 4.90 Å². The van der Waals surface area contributed by atoms with E-state index in [0.717, 1.165) is 32.1 Å². The van der Waals surface area contributed by atoms with Crippen LogP contribution in [-0.4, -0.2) is 40.6 Å². The fraction of sp³-hybridized carbons (Fsp3) is 0.917. The molecule has 0 heterocycles. The van der Waals surface area contributed by atoms with Crippen LogP contribution >= 0.6 is 0 Å². The molecular formula is C12H22N2O2. The lowest BCUT2D eigenvalue weighted by atomic mass is 9.75. The molecule has 16 heavy (non-hydrogen) atoms. The number of carbonyl (C=O) groups excluding carboxylic acids is 1. The molecule has 1 amide bonds. The second-order valence-electron chi connectivity index (χ2n) is 5.29. The molecule has 0 aromatic rings. The Morgan fingerprint density at radius 1 is 1.38 bits per heavy atom. The van der Waals surface area contributed by atoms with Crippen LogP contribution in [0.3, 0.4) is 0 Å². The van der Waals surface area contributed by atoms with E-state index < -0.39 is 0 Å². The van der Waals surface area contributed by atoms with E-state index in [2.05, 4.69) is 0 Å². The van der Waals surface area contributed by atoms with E-state index in [9.17, 15) is 4.79 Å². The standard InChI is InChI=1S/C12H22N2O2/c13-12(5-2-6-12)9-11(16)14(7-8-15)10-3-1-4-10/h10,15H,1-9,13H2. The molecule has 2 rings (SSSR count). The Balaban J connectivity index is 1.88. The molecule has 0 aromatic carbocycles. The maximum Gasteiger partial charge on any atom is 0.224 e. The van der Waals surface area contributed by atoms with Crippen molar-refractivity contribution in [3.63, 3.8) is 0 Å². The van der Waals surface area contributed by atoms with Crippen molar-refractivity contribution in [2.45, 2.75) is 56.5 Å². The third kappa shape index (κ3) is 2.38. The van der Waals surface area contributed by atoms with Crippen molar-refractivity contribution in [1.29, 1.82) is 0 Å². The van der Waals surface area contributed by atoms with Crippen molar-refractivity contribution in [3.05, 3.63) is 0 Å². The van der Waals surface area contributed by atoms with Gasteiger partial charge in [-0.1, -0.05) is 0 Å². The van der Waals surface area contributed by atoms with E-state index in [4.69, 9.17) is 10.8 Å². The number of nitrogens with zero attached hydrogens (tertiary/aromatic N) is 1. The highest BCUT2D eigenvalue weighted by Crippen LogP contribution is 2.34. The van der Waals surface area contributed by atoms with Gasteiger partial charge < -0.3 is 15.7 Å². The van der Waals surface area contributed by atoms with Gasteiger partial charge in [0, 0.05) is 24.5 Å². The summed E-state index contributed by atoms with van der Waals surface area (Å²) >= 11 is 0. The quantitative estimate of drug-likeness (QED) is 0.722. The number of hydrogen-bond acceptors (Lipinski definition) is 3. The Hall–Kier alpha value is -0.610. The molecule has 3 N–H and O–H groups in total. The van der Waals surface area contributed by atoms with Crippen LogP contribution in [0.2, 0.25) is 0 Å². The van der Waals surface area contributed by atoms with Gasteiger partial charge in [-0.15, -0.1) is 0 Å². The number of aliphatic hydroxyl groups is 1. The van der Waals surface area contributed by atoms with Crippen LogP contribution in [0.4, 0.5) is 0 Å². The Morgan fingerprint density at radius 3 is 2.44 bits per heavy atom. The van der Waals surface area contributed by atoms with Gasteiger partial charge in [-0.3, -0.25) is 4.79 Å². The lowest BCUT2D eigenvalue weighted by Crippen LogP contribution is -2.53. The Morgan fingerprint density at radius 2 is 2.06 bits per heavy atom. The first kappa shape index (κ1) is 11.9. The summed E-state index contributed by atoms with van der Waals surface area (Å²) in [6.07, 6.45) is 6.92. The van der Waals surface area contributed by atoms with Gasteiger partial charge in [0.2, 0.25) is 5.91 Å². The van der Waals surface area contributed by atoms with E-state index in [1.54, 1.807) is 0 Å². The van der Waals surface area contributed by atoms with Gasteiger partial charge in [0.05, 0.1) is 6.61 Å². The van der Waals surface area contributed by atoms with Gasteiger partial charge in [0.1, 0.15) is 0 Å². The molecule has 4 nitrogen and oxygen atoms in total. The molecule has 2 fully saturated rings. The van der Waals surface area contributed by atoms with Crippen molar-refractivity contribution < 1.29 is 9.90 Å². The normalized spacial score (nSPS) is 23.4. The van der Waals surface area contributed by atoms with Crippen LogP contribution in [0.15, 0.2) is 0 Å². The van der Waals surface area contributed by atoms with Crippen molar-refractivity contribution >= 4 is 5.91 Å². The van der Waals surface area contributed by atoms with Gasteiger partial charge >= 0.3 is 0 Å². The molecule has 0 saturated heterocycles. The van der Waals surface area contributed by atoms with Crippen LogP contribution in [0.1, 0.15) is 44.9 Å². The highest BCUT2D eigenvalue weighted by Gasteiger charge is 2.38. The number of rotatable bonds is 5. The van der Waals surface area contributed by atoms with Crippen LogP contribution in [-0.2, 0) is 4.79 Å². The molecule has 2 aliphatic carbocycles. The highest BCUT2D eigenvalue weighted by atomic mass is 16.3. The smallest absolute Gasteiger partial charge is 0.224 e. The van der Waals surface area contributed by atoms with Crippen molar-refractivity contribution in [2.75, 3.05) is 13.2 Å². The molecule has 0 spiro atoms. The average molecular weight is 226 g/mol. The lowest BCUT2D eigenvalue weighted by Gasteiger charge is -2.42. The van der Waals surface area contributed by atoms with E-state index in [0.29, 0.717) is 19.0 Å². The third-order valence-corrected chi connectivity index (χ3v) is 4.03. The molecule has 0 unspecified atom stereocenters. The van der Waals surface area contributed by atoms with Crippen molar-refractivity contribution in [1.82, 2.24) is 4.90 Å². The number of amides is 1. The van der Waals surface area contributed by atoms with Gasteiger partial charge in [0.25, 0.3) is 0 Å². The summed E-state index contributed by atoms with van der Waals surface area (Å²) in [5, 5.41) is 9.00. The summed E-state index contributed by atoms with van der Waals surface area (Å²) in [7, 11) is 0. The summed E-state index contributed by atoms with van der Waals surface area (Å²) in [5.74, 6) is 0.140. The largest absolute Gasteiger partial charge is 0.395 e. The molecular weight excluding hydrogens is 204 g/mol. The first-order valence-corrected chi connectivity index (χ1v) is 6.34. The number of aliphatic hydroxyl groups excluding tert-OH is 1.